The van der Waals surface area contributed by atoms with Gasteiger partial charge in [0.2, 0.25) is 0 Å². The summed E-state index contributed by atoms with van der Waals surface area (Å²) in [5.74, 6) is 2.20. The average Bonchev–Trinajstić information content (AvgIpc) is 2.22. The van der Waals surface area contributed by atoms with Crippen LogP contribution in [0, 0.1) is 17.8 Å². The van der Waals surface area contributed by atoms with Gasteiger partial charge in [0, 0.05) is 11.1 Å². The van der Waals surface area contributed by atoms with E-state index in [0.29, 0.717) is 5.92 Å². The van der Waals surface area contributed by atoms with E-state index < -0.39 is 0 Å². The molecule has 0 radical (unpaired) electrons. The first kappa shape index (κ1) is 16.8. The second-order valence-corrected chi connectivity index (χ2v) is 8.20. The quantitative estimate of drug-likeness (QED) is 0.676. The third-order valence-electron chi connectivity index (χ3n) is 4.97. The topological polar surface area (TPSA) is 12.0 Å². The minimum Gasteiger partial charge on any atom is -0.307 e. The van der Waals surface area contributed by atoms with Gasteiger partial charge in [-0.25, -0.2) is 0 Å². The van der Waals surface area contributed by atoms with Crippen molar-refractivity contribution in [1.82, 2.24) is 5.32 Å². The molecule has 1 heteroatoms. The van der Waals surface area contributed by atoms with Crippen LogP contribution in [0.4, 0.5) is 0 Å². The van der Waals surface area contributed by atoms with Crippen LogP contribution in [0.5, 0.6) is 0 Å². The molecule has 2 unspecified atom stereocenters. The fourth-order valence-electron chi connectivity index (χ4n) is 3.99. The van der Waals surface area contributed by atoms with Crippen molar-refractivity contribution < 1.29 is 0 Å². The predicted molar refractivity (Wildman–Crippen MR) is 86.4 cm³/mol. The van der Waals surface area contributed by atoms with Crippen molar-refractivity contribution in [3.8, 4) is 0 Å². The van der Waals surface area contributed by atoms with Crippen LogP contribution < -0.4 is 5.32 Å². The Labute approximate surface area is 121 Å². The van der Waals surface area contributed by atoms with E-state index in [1.54, 1.807) is 0 Å². The molecule has 0 aromatic carbocycles. The molecular formula is C18H35N. The summed E-state index contributed by atoms with van der Waals surface area (Å²) in [5.41, 5.74) is 1.98. The zero-order valence-corrected chi connectivity index (χ0v) is 14.3. The standard InChI is InChI=1S/C18H35N/c1-9-13(2)15(4)14(3)10-16-11-17(5,6)19-18(7,8)12-16/h13,15-16,19H,3,9-12H2,1-2,4-8H3. The van der Waals surface area contributed by atoms with E-state index in [-0.39, 0.29) is 11.1 Å². The van der Waals surface area contributed by atoms with E-state index in [1.807, 2.05) is 0 Å². The summed E-state index contributed by atoms with van der Waals surface area (Å²) in [7, 11) is 0. The molecule has 0 aromatic rings. The summed E-state index contributed by atoms with van der Waals surface area (Å²) < 4.78 is 0. The molecule has 0 saturated carbocycles. The largest absolute Gasteiger partial charge is 0.307 e. The maximum absolute atomic E-state index is 4.39. The van der Waals surface area contributed by atoms with Crippen molar-refractivity contribution in [2.45, 2.75) is 85.2 Å². The number of rotatable bonds is 5. The van der Waals surface area contributed by atoms with Gasteiger partial charge in [-0.2, -0.15) is 0 Å². The molecule has 112 valence electrons. The first-order valence-corrected chi connectivity index (χ1v) is 8.03. The first-order valence-electron chi connectivity index (χ1n) is 8.03. The van der Waals surface area contributed by atoms with Gasteiger partial charge in [0.25, 0.3) is 0 Å². The summed E-state index contributed by atoms with van der Waals surface area (Å²) in [4.78, 5) is 0. The van der Waals surface area contributed by atoms with E-state index in [1.165, 1.54) is 31.3 Å². The smallest absolute Gasteiger partial charge is 0.0132 e. The Morgan fingerprint density at radius 3 is 2.05 bits per heavy atom. The van der Waals surface area contributed by atoms with Crippen LogP contribution in [-0.2, 0) is 0 Å². The number of piperidine rings is 1. The van der Waals surface area contributed by atoms with Gasteiger partial charge in [-0.1, -0.05) is 39.3 Å². The molecular weight excluding hydrogens is 230 g/mol. The first-order chi connectivity index (χ1) is 8.56. The zero-order valence-electron chi connectivity index (χ0n) is 14.3. The van der Waals surface area contributed by atoms with Crippen molar-refractivity contribution in [1.29, 1.82) is 0 Å². The van der Waals surface area contributed by atoms with Gasteiger partial charge in [0.1, 0.15) is 0 Å². The molecule has 0 bridgehead atoms. The van der Waals surface area contributed by atoms with Crippen LogP contribution >= 0.6 is 0 Å². The van der Waals surface area contributed by atoms with Gasteiger partial charge in [-0.05, 0) is 64.7 Å². The predicted octanol–water partition coefficient (Wildman–Crippen LogP) is 5.17. The van der Waals surface area contributed by atoms with E-state index >= 15 is 0 Å². The highest BCUT2D eigenvalue weighted by Crippen LogP contribution is 2.38. The third kappa shape index (κ3) is 4.95. The van der Waals surface area contributed by atoms with E-state index in [0.717, 1.165) is 11.8 Å². The van der Waals surface area contributed by atoms with Crippen LogP contribution in [0.1, 0.15) is 74.1 Å². The van der Waals surface area contributed by atoms with Crippen molar-refractivity contribution in [3.63, 3.8) is 0 Å². The Balaban J connectivity index is 2.64. The van der Waals surface area contributed by atoms with Gasteiger partial charge in [-0.3, -0.25) is 0 Å². The normalized spacial score (nSPS) is 25.8. The van der Waals surface area contributed by atoms with Crippen LogP contribution in [-0.4, -0.2) is 11.1 Å². The number of hydrogen-bond donors (Lipinski definition) is 1. The van der Waals surface area contributed by atoms with Crippen molar-refractivity contribution >= 4 is 0 Å². The van der Waals surface area contributed by atoms with Gasteiger partial charge in [0.05, 0.1) is 0 Å². The molecule has 1 nitrogen and oxygen atoms in total. The molecule has 2 atom stereocenters. The monoisotopic (exact) mass is 265 g/mol. The minimum atomic E-state index is 0.256. The lowest BCUT2D eigenvalue weighted by molar-refractivity contribution is 0.126. The Morgan fingerprint density at radius 2 is 1.63 bits per heavy atom. The molecule has 0 aliphatic carbocycles. The second-order valence-electron chi connectivity index (χ2n) is 8.20. The average molecular weight is 265 g/mol. The SMILES string of the molecule is C=C(CC1CC(C)(C)NC(C)(C)C1)C(C)C(C)CC. The molecule has 1 N–H and O–H groups in total. The minimum absolute atomic E-state index is 0.256. The highest BCUT2D eigenvalue weighted by Gasteiger charge is 2.37. The lowest BCUT2D eigenvalue weighted by Crippen LogP contribution is -2.57. The molecule has 1 rings (SSSR count). The number of nitrogens with one attached hydrogen (secondary N) is 1. The van der Waals surface area contributed by atoms with Crippen molar-refractivity contribution in [3.05, 3.63) is 12.2 Å². The zero-order chi connectivity index (χ0) is 14.8. The van der Waals surface area contributed by atoms with Crippen LogP contribution in [0.2, 0.25) is 0 Å². The summed E-state index contributed by atoms with van der Waals surface area (Å²) in [5, 5.41) is 3.77. The van der Waals surface area contributed by atoms with Gasteiger partial charge in [0.15, 0.2) is 0 Å². The van der Waals surface area contributed by atoms with E-state index in [4.69, 9.17) is 0 Å². The molecule has 1 aliphatic heterocycles. The Hall–Kier alpha value is -0.300. The van der Waals surface area contributed by atoms with Crippen LogP contribution in [0.3, 0.4) is 0 Å². The molecule has 1 heterocycles. The highest BCUT2D eigenvalue weighted by atomic mass is 15.0. The van der Waals surface area contributed by atoms with Crippen LogP contribution in [0.25, 0.3) is 0 Å². The van der Waals surface area contributed by atoms with Gasteiger partial charge < -0.3 is 5.32 Å². The Kier molecular flexibility index (Phi) is 5.28. The fourth-order valence-corrected chi connectivity index (χ4v) is 3.99. The molecule has 0 amide bonds. The second kappa shape index (κ2) is 5.99. The summed E-state index contributed by atoms with van der Waals surface area (Å²) in [6, 6.07) is 0. The Morgan fingerprint density at radius 1 is 1.16 bits per heavy atom. The maximum Gasteiger partial charge on any atom is 0.0132 e. The molecule has 1 aliphatic rings. The Bertz CT molecular complexity index is 298. The summed E-state index contributed by atoms with van der Waals surface area (Å²) in [6.07, 6.45) is 4.99. The molecule has 0 spiro atoms. The number of allylic oxidation sites excluding steroid dienone is 1. The summed E-state index contributed by atoms with van der Waals surface area (Å²) >= 11 is 0. The van der Waals surface area contributed by atoms with E-state index in [2.05, 4.69) is 60.4 Å². The third-order valence-corrected chi connectivity index (χ3v) is 4.97. The summed E-state index contributed by atoms with van der Waals surface area (Å²) in [6.45, 7) is 20.7. The lowest BCUT2D eigenvalue weighted by Gasteiger charge is -2.47. The number of hydrogen-bond acceptors (Lipinski definition) is 1. The van der Waals surface area contributed by atoms with E-state index in [9.17, 15) is 0 Å². The molecule has 1 saturated heterocycles. The fraction of sp³-hybridized carbons (Fsp3) is 0.889. The molecule has 1 fully saturated rings. The van der Waals surface area contributed by atoms with Crippen molar-refractivity contribution in [2.24, 2.45) is 17.8 Å². The molecule has 19 heavy (non-hydrogen) atoms. The lowest BCUT2D eigenvalue weighted by atomic mass is 9.72. The maximum atomic E-state index is 4.39. The van der Waals surface area contributed by atoms with Gasteiger partial charge >= 0.3 is 0 Å². The van der Waals surface area contributed by atoms with Crippen LogP contribution in [0.15, 0.2) is 12.2 Å². The highest BCUT2D eigenvalue weighted by molar-refractivity contribution is 5.06. The van der Waals surface area contributed by atoms with Crippen molar-refractivity contribution in [2.75, 3.05) is 0 Å². The van der Waals surface area contributed by atoms with Gasteiger partial charge in [-0.15, -0.1) is 0 Å². The molecule has 0 aromatic heterocycles.